The van der Waals surface area contributed by atoms with E-state index in [1.807, 2.05) is 6.92 Å². The van der Waals surface area contributed by atoms with Crippen molar-refractivity contribution in [1.29, 1.82) is 0 Å². The largest absolute Gasteiger partial charge is 0.772 e. The van der Waals surface area contributed by atoms with Gasteiger partial charge in [0.05, 0.1) is 11.6 Å². The number of hydrogen-bond acceptors (Lipinski definition) is 7. The van der Waals surface area contributed by atoms with Crippen molar-refractivity contribution in [2.75, 3.05) is 6.54 Å². The van der Waals surface area contributed by atoms with E-state index in [0.29, 0.717) is 45.1 Å². The molecule has 1 heterocycles. The molecule has 3 rings (SSSR count). The zero-order chi connectivity index (χ0) is 31.2. The average molecular weight is 611 g/mol. The fraction of sp³-hybridized carbons (Fsp3) is 0.828. The van der Waals surface area contributed by atoms with Gasteiger partial charge in [0.1, 0.15) is 12.1 Å². The number of ketones is 1. The third kappa shape index (κ3) is 8.52. The third-order valence-electron chi connectivity index (χ3n) is 8.75. The first-order valence-corrected chi connectivity index (χ1v) is 16.5. The minimum absolute atomic E-state index is 0.0139. The summed E-state index contributed by atoms with van der Waals surface area (Å²) < 4.78 is 23.8. The van der Waals surface area contributed by atoms with Crippen LogP contribution in [0.25, 0.3) is 0 Å². The summed E-state index contributed by atoms with van der Waals surface area (Å²) in [5.74, 6) is -2.33. The molecule has 2 aliphatic carbocycles. The van der Waals surface area contributed by atoms with Gasteiger partial charge in [-0.1, -0.05) is 64.5 Å². The molecular formula is C29H48N5O7S-. The number of amides is 5. The van der Waals surface area contributed by atoms with Gasteiger partial charge in [-0.3, -0.25) is 23.4 Å². The number of carbonyl (C=O) groups is 5. The Hall–Kier alpha value is -2.54. The SMILES string of the molecule is CCC[C@H](NC(=O)[C@@H]1CCCN1C(=O)[C@@H](NC(=O)NC1([C@@H](C)S(=O)[O-])CCCCC1)C(C)(C)C)C(=O)C(=O)NC1CC1. The van der Waals surface area contributed by atoms with Crippen LogP contribution in [0.4, 0.5) is 4.79 Å². The lowest BCUT2D eigenvalue weighted by Crippen LogP contribution is -2.64. The summed E-state index contributed by atoms with van der Waals surface area (Å²) in [5.41, 5.74) is -1.66. The van der Waals surface area contributed by atoms with Crippen molar-refractivity contribution in [1.82, 2.24) is 26.2 Å². The fourth-order valence-corrected chi connectivity index (χ4v) is 6.64. The normalized spacial score (nSPS) is 23.2. The number of nitrogens with one attached hydrogen (secondary N) is 4. The van der Waals surface area contributed by atoms with Gasteiger partial charge < -0.3 is 30.7 Å². The molecule has 1 unspecified atom stereocenters. The molecule has 3 fully saturated rings. The summed E-state index contributed by atoms with van der Waals surface area (Å²) >= 11 is -2.39. The summed E-state index contributed by atoms with van der Waals surface area (Å²) in [6.45, 7) is 9.16. The van der Waals surface area contributed by atoms with Crippen LogP contribution in [0.2, 0.25) is 0 Å². The van der Waals surface area contributed by atoms with Gasteiger partial charge in [-0.25, -0.2) is 4.79 Å². The first-order chi connectivity index (χ1) is 19.7. The van der Waals surface area contributed by atoms with Crippen LogP contribution in [0.15, 0.2) is 0 Å². The molecule has 1 saturated heterocycles. The zero-order valence-electron chi connectivity index (χ0n) is 25.6. The predicted octanol–water partition coefficient (Wildman–Crippen LogP) is 1.79. The molecule has 5 atom stereocenters. The topological polar surface area (TPSA) is 177 Å². The summed E-state index contributed by atoms with van der Waals surface area (Å²) in [6.07, 6.45) is 7.08. The highest BCUT2D eigenvalue weighted by molar-refractivity contribution is 7.79. The van der Waals surface area contributed by atoms with Crippen molar-refractivity contribution in [3.8, 4) is 0 Å². The minimum atomic E-state index is -2.39. The highest BCUT2D eigenvalue weighted by atomic mass is 32.2. The molecule has 5 amide bonds. The molecule has 4 N–H and O–H groups in total. The number of hydrogen-bond donors (Lipinski definition) is 4. The molecule has 0 aromatic rings. The number of likely N-dealkylation sites (tertiary alicyclic amines) is 1. The number of rotatable bonds is 12. The minimum Gasteiger partial charge on any atom is -0.772 e. The van der Waals surface area contributed by atoms with Crippen LogP contribution < -0.4 is 21.3 Å². The second-order valence-corrected chi connectivity index (χ2v) is 14.4. The summed E-state index contributed by atoms with van der Waals surface area (Å²) in [7, 11) is 0. The number of nitrogens with zero attached hydrogens (tertiary/aromatic N) is 1. The van der Waals surface area contributed by atoms with E-state index >= 15 is 0 Å². The van der Waals surface area contributed by atoms with Gasteiger partial charge in [-0.2, -0.15) is 0 Å². The van der Waals surface area contributed by atoms with Gasteiger partial charge in [0.25, 0.3) is 5.91 Å². The molecule has 2 saturated carbocycles. The van der Waals surface area contributed by atoms with E-state index in [1.165, 1.54) is 4.90 Å². The number of carbonyl (C=O) groups excluding carboxylic acids is 5. The Bertz CT molecular complexity index is 1050. The Morgan fingerprint density at radius 3 is 2.19 bits per heavy atom. The molecular weight excluding hydrogens is 562 g/mol. The maximum absolute atomic E-state index is 13.9. The van der Waals surface area contributed by atoms with Crippen LogP contribution in [-0.2, 0) is 30.3 Å². The summed E-state index contributed by atoms with van der Waals surface area (Å²) in [4.78, 5) is 67.3. The van der Waals surface area contributed by atoms with Crippen molar-refractivity contribution >= 4 is 40.6 Å². The van der Waals surface area contributed by atoms with E-state index in [9.17, 15) is 32.7 Å². The molecule has 3 aliphatic rings. The highest BCUT2D eigenvalue weighted by Gasteiger charge is 2.45. The van der Waals surface area contributed by atoms with Crippen LogP contribution in [0.1, 0.15) is 105 Å². The summed E-state index contributed by atoms with van der Waals surface area (Å²) in [6, 6.07) is -3.45. The molecule has 0 aromatic heterocycles. The smallest absolute Gasteiger partial charge is 0.315 e. The van der Waals surface area contributed by atoms with Crippen molar-refractivity contribution in [3.05, 3.63) is 0 Å². The Morgan fingerprint density at radius 1 is 1.00 bits per heavy atom. The fourth-order valence-electron chi connectivity index (χ4n) is 5.98. The average Bonchev–Trinajstić information content (AvgIpc) is 3.60. The van der Waals surface area contributed by atoms with E-state index in [0.717, 1.165) is 32.1 Å². The molecule has 12 nitrogen and oxygen atoms in total. The quantitative estimate of drug-likeness (QED) is 0.192. The van der Waals surface area contributed by atoms with Crippen molar-refractivity contribution in [2.45, 2.75) is 140 Å². The molecule has 42 heavy (non-hydrogen) atoms. The first kappa shape index (κ1) is 34.0. The lowest BCUT2D eigenvalue weighted by atomic mass is 9.79. The summed E-state index contributed by atoms with van der Waals surface area (Å²) in [5, 5.41) is 10.3. The van der Waals surface area contributed by atoms with Crippen molar-refractivity contribution in [2.24, 2.45) is 5.41 Å². The van der Waals surface area contributed by atoms with E-state index in [1.54, 1.807) is 27.7 Å². The molecule has 1 aliphatic heterocycles. The van der Waals surface area contributed by atoms with Crippen molar-refractivity contribution < 1.29 is 32.7 Å². The number of urea groups is 1. The van der Waals surface area contributed by atoms with E-state index in [2.05, 4.69) is 21.3 Å². The van der Waals surface area contributed by atoms with Crippen LogP contribution in [0, 0.1) is 5.41 Å². The molecule has 0 aromatic carbocycles. The van der Waals surface area contributed by atoms with Crippen LogP contribution in [-0.4, -0.2) is 84.7 Å². The van der Waals surface area contributed by atoms with Gasteiger partial charge in [0, 0.05) is 17.8 Å². The lowest BCUT2D eigenvalue weighted by molar-refractivity contribution is -0.143. The molecule has 0 bridgehead atoms. The van der Waals surface area contributed by atoms with Gasteiger partial charge in [-0.15, -0.1) is 0 Å². The molecule has 13 heteroatoms. The van der Waals surface area contributed by atoms with E-state index in [-0.39, 0.29) is 6.04 Å². The molecule has 0 radical (unpaired) electrons. The highest BCUT2D eigenvalue weighted by Crippen LogP contribution is 2.33. The lowest BCUT2D eigenvalue weighted by Gasteiger charge is -2.44. The standard InChI is InChI=1S/C29H49N5O7S/c1-6-11-20(22(35)25(37)30-19-13-14-19)31-24(36)21-12-10-17-34(21)26(38)23(28(3,4)5)32-27(39)33-29(18(2)42(40)41)15-8-7-9-16-29/h18-21,23H,6-17H2,1-5H3,(H,30,37)(H,31,36)(H,40,41)(H2,32,33,39)/p-1/t18-,20+,21+,23-/m1/s1. The molecule has 0 spiro atoms. The first-order valence-electron chi connectivity index (χ1n) is 15.3. The predicted molar refractivity (Wildman–Crippen MR) is 157 cm³/mol. The maximum atomic E-state index is 13.9. The van der Waals surface area contributed by atoms with Crippen molar-refractivity contribution in [3.63, 3.8) is 0 Å². The maximum Gasteiger partial charge on any atom is 0.315 e. The van der Waals surface area contributed by atoms with E-state index in [4.69, 9.17) is 0 Å². The number of Topliss-reactive ketones (excluding diaryl/α,β-unsaturated/α-hetero) is 1. The van der Waals surface area contributed by atoms with Gasteiger partial charge in [-0.05, 0) is 57.3 Å². The van der Waals surface area contributed by atoms with Crippen LogP contribution >= 0.6 is 0 Å². The van der Waals surface area contributed by atoms with Crippen LogP contribution in [0.3, 0.4) is 0 Å². The Kier molecular flexibility index (Phi) is 11.6. The van der Waals surface area contributed by atoms with E-state index < -0.39 is 74.9 Å². The second kappa shape index (κ2) is 14.3. The van der Waals surface area contributed by atoms with Gasteiger partial charge in [0.15, 0.2) is 0 Å². The Morgan fingerprint density at radius 2 is 1.64 bits per heavy atom. The van der Waals surface area contributed by atoms with Crippen LogP contribution in [0.5, 0.6) is 0 Å². The zero-order valence-corrected chi connectivity index (χ0v) is 26.4. The second-order valence-electron chi connectivity index (χ2n) is 13.2. The van der Waals surface area contributed by atoms with Gasteiger partial charge in [0.2, 0.25) is 17.6 Å². The van der Waals surface area contributed by atoms with Gasteiger partial charge >= 0.3 is 6.03 Å². The third-order valence-corrected chi connectivity index (χ3v) is 9.78. The monoisotopic (exact) mass is 610 g/mol. The Balaban J connectivity index is 1.72. The molecule has 238 valence electrons. The Labute approximate surface area is 251 Å².